The van der Waals surface area contributed by atoms with Crippen molar-refractivity contribution in [1.82, 2.24) is 10.6 Å². The van der Waals surface area contributed by atoms with E-state index in [4.69, 9.17) is 4.74 Å². The van der Waals surface area contributed by atoms with Gasteiger partial charge in [-0.05, 0) is 36.0 Å². The maximum Gasteiger partial charge on any atom is 0.258 e. The lowest BCUT2D eigenvalue weighted by Gasteiger charge is -2.19. The molecule has 0 saturated heterocycles. The van der Waals surface area contributed by atoms with Crippen LogP contribution < -0.4 is 15.4 Å². The molecule has 0 spiro atoms. The molecule has 2 amide bonds. The summed E-state index contributed by atoms with van der Waals surface area (Å²) < 4.78 is 5.42. The number of rotatable bonds is 6. The summed E-state index contributed by atoms with van der Waals surface area (Å²) in [7, 11) is 0. The smallest absolute Gasteiger partial charge is 0.258 e. The molecule has 0 heterocycles. The van der Waals surface area contributed by atoms with Crippen molar-refractivity contribution in [3.8, 4) is 5.75 Å². The fourth-order valence-electron chi connectivity index (χ4n) is 1.94. The SMILES string of the molecule is CC(C)(C)c1ccc(OCC(=O)NCC(=O)NC2CC2)cc1. The van der Waals surface area contributed by atoms with Gasteiger partial charge in [0.15, 0.2) is 6.61 Å². The van der Waals surface area contributed by atoms with Crippen LogP contribution in [0.5, 0.6) is 5.75 Å². The third-order valence-electron chi connectivity index (χ3n) is 3.48. The third kappa shape index (κ3) is 5.39. The Labute approximate surface area is 131 Å². The van der Waals surface area contributed by atoms with E-state index in [0.29, 0.717) is 11.8 Å². The molecule has 1 saturated carbocycles. The minimum atomic E-state index is -0.300. The number of hydrogen-bond acceptors (Lipinski definition) is 3. The maximum absolute atomic E-state index is 11.6. The molecule has 2 N–H and O–H groups in total. The molecule has 0 aliphatic heterocycles. The molecule has 0 bridgehead atoms. The first-order valence-corrected chi connectivity index (χ1v) is 7.64. The predicted molar refractivity (Wildman–Crippen MR) is 84.8 cm³/mol. The molecular weight excluding hydrogens is 280 g/mol. The molecule has 5 nitrogen and oxygen atoms in total. The highest BCUT2D eigenvalue weighted by Crippen LogP contribution is 2.24. The Morgan fingerprint density at radius 2 is 1.77 bits per heavy atom. The Hall–Kier alpha value is -2.04. The van der Waals surface area contributed by atoms with Crippen LogP contribution in [0.15, 0.2) is 24.3 Å². The molecule has 22 heavy (non-hydrogen) atoms. The summed E-state index contributed by atoms with van der Waals surface area (Å²) in [5.41, 5.74) is 1.30. The molecular formula is C17H24N2O3. The van der Waals surface area contributed by atoms with Crippen LogP contribution in [0.1, 0.15) is 39.2 Å². The molecule has 1 aliphatic carbocycles. The van der Waals surface area contributed by atoms with Gasteiger partial charge in [0.1, 0.15) is 5.75 Å². The van der Waals surface area contributed by atoms with E-state index in [9.17, 15) is 9.59 Å². The summed E-state index contributed by atoms with van der Waals surface area (Å²) in [5.74, 6) is 0.196. The van der Waals surface area contributed by atoms with Gasteiger partial charge in [0.2, 0.25) is 5.91 Å². The summed E-state index contributed by atoms with van der Waals surface area (Å²) in [6.07, 6.45) is 2.07. The van der Waals surface area contributed by atoms with Gasteiger partial charge in [-0.25, -0.2) is 0 Å². The minimum absolute atomic E-state index is 0.00164. The van der Waals surface area contributed by atoms with E-state index in [1.165, 1.54) is 5.56 Å². The summed E-state index contributed by atoms with van der Waals surface area (Å²) in [5, 5.41) is 5.35. The van der Waals surface area contributed by atoms with Crippen LogP contribution in [0.4, 0.5) is 0 Å². The number of benzene rings is 1. The molecule has 1 fully saturated rings. The van der Waals surface area contributed by atoms with Crippen LogP contribution in [0, 0.1) is 0 Å². The van der Waals surface area contributed by atoms with Crippen molar-refractivity contribution < 1.29 is 14.3 Å². The van der Waals surface area contributed by atoms with Crippen molar-refractivity contribution in [2.24, 2.45) is 0 Å². The van der Waals surface area contributed by atoms with Crippen LogP contribution in [-0.2, 0) is 15.0 Å². The zero-order chi connectivity index (χ0) is 16.2. The van der Waals surface area contributed by atoms with E-state index in [0.717, 1.165) is 12.8 Å². The van der Waals surface area contributed by atoms with Crippen molar-refractivity contribution in [3.63, 3.8) is 0 Å². The number of carbonyl (C=O) groups is 2. The van der Waals surface area contributed by atoms with Gasteiger partial charge in [-0.1, -0.05) is 32.9 Å². The lowest BCUT2D eigenvalue weighted by Crippen LogP contribution is -2.39. The lowest BCUT2D eigenvalue weighted by atomic mass is 9.87. The van der Waals surface area contributed by atoms with E-state index >= 15 is 0 Å². The Bertz CT molecular complexity index is 528. The van der Waals surface area contributed by atoms with Gasteiger partial charge in [0, 0.05) is 6.04 Å². The quantitative estimate of drug-likeness (QED) is 0.841. The van der Waals surface area contributed by atoms with Gasteiger partial charge >= 0.3 is 0 Å². The molecule has 1 aliphatic rings. The van der Waals surface area contributed by atoms with Crippen molar-refractivity contribution in [1.29, 1.82) is 0 Å². The average molecular weight is 304 g/mol. The van der Waals surface area contributed by atoms with Crippen molar-refractivity contribution in [2.45, 2.75) is 45.1 Å². The summed E-state index contributed by atoms with van der Waals surface area (Å²) >= 11 is 0. The van der Waals surface area contributed by atoms with Gasteiger partial charge in [0.05, 0.1) is 6.54 Å². The Morgan fingerprint density at radius 1 is 1.14 bits per heavy atom. The summed E-state index contributed by atoms with van der Waals surface area (Å²) in [4.78, 5) is 23.1. The zero-order valence-corrected chi connectivity index (χ0v) is 13.4. The van der Waals surface area contributed by atoms with Gasteiger partial charge in [-0.15, -0.1) is 0 Å². The Kier molecular flexibility index (Phi) is 5.06. The van der Waals surface area contributed by atoms with Crippen molar-refractivity contribution in [2.75, 3.05) is 13.2 Å². The Balaban J connectivity index is 1.70. The molecule has 0 radical (unpaired) electrons. The molecule has 1 aromatic carbocycles. The van der Waals surface area contributed by atoms with Gasteiger partial charge in [0.25, 0.3) is 5.91 Å². The third-order valence-corrected chi connectivity index (χ3v) is 3.48. The van der Waals surface area contributed by atoms with Crippen LogP contribution >= 0.6 is 0 Å². The number of ether oxygens (including phenoxy) is 1. The van der Waals surface area contributed by atoms with E-state index in [-0.39, 0.29) is 30.4 Å². The van der Waals surface area contributed by atoms with Crippen LogP contribution in [0.2, 0.25) is 0 Å². The molecule has 2 rings (SSSR count). The fraction of sp³-hybridized carbons (Fsp3) is 0.529. The highest BCUT2D eigenvalue weighted by molar-refractivity contribution is 5.85. The second-order valence-corrected chi connectivity index (χ2v) is 6.68. The first-order chi connectivity index (χ1) is 10.3. The standard InChI is InChI=1S/C17H24N2O3/c1-17(2,3)12-4-8-14(9-5-12)22-11-16(21)18-10-15(20)19-13-6-7-13/h4-5,8-9,13H,6-7,10-11H2,1-3H3,(H,18,21)(H,19,20). The number of amides is 2. The van der Waals surface area contributed by atoms with E-state index < -0.39 is 0 Å². The van der Waals surface area contributed by atoms with Gasteiger partial charge in [-0.2, -0.15) is 0 Å². The maximum atomic E-state index is 11.6. The lowest BCUT2D eigenvalue weighted by molar-refractivity contribution is -0.127. The first-order valence-electron chi connectivity index (χ1n) is 7.64. The van der Waals surface area contributed by atoms with Gasteiger partial charge < -0.3 is 15.4 Å². The van der Waals surface area contributed by atoms with Gasteiger partial charge in [-0.3, -0.25) is 9.59 Å². The largest absolute Gasteiger partial charge is 0.484 e. The van der Waals surface area contributed by atoms with E-state index in [1.54, 1.807) is 0 Å². The molecule has 0 aromatic heterocycles. The number of carbonyl (C=O) groups excluding carboxylic acids is 2. The molecule has 5 heteroatoms. The first kappa shape index (κ1) is 16.3. The van der Waals surface area contributed by atoms with E-state index in [2.05, 4.69) is 31.4 Å². The van der Waals surface area contributed by atoms with Crippen LogP contribution in [-0.4, -0.2) is 31.0 Å². The topological polar surface area (TPSA) is 67.4 Å². The van der Waals surface area contributed by atoms with Crippen LogP contribution in [0.25, 0.3) is 0 Å². The molecule has 1 aromatic rings. The van der Waals surface area contributed by atoms with Crippen molar-refractivity contribution >= 4 is 11.8 Å². The van der Waals surface area contributed by atoms with Crippen molar-refractivity contribution in [3.05, 3.63) is 29.8 Å². The molecule has 0 unspecified atom stereocenters. The number of hydrogen-bond donors (Lipinski definition) is 2. The molecule has 120 valence electrons. The normalized spacial score (nSPS) is 14.3. The predicted octanol–water partition coefficient (Wildman–Crippen LogP) is 1.76. The molecule has 0 atom stereocenters. The van der Waals surface area contributed by atoms with E-state index in [1.807, 2.05) is 24.3 Å². The average Bonchev–Trinajstić information content (AvgIpc) is 3.26. The Morgan fingerprint density at radius 3 is 2.32 bits per heavy atom. The summed E-state index contributed by atoms with van der Waals surface area (Å²) in [6, 6.07) is 8.01. The summed E-state index contributed by atoms with van der Waals surface area (Å²) in [6.45, 7) is 6.34. The highest BCUT2D eigenvalue weighted by Gasteiger charge is 2.23. The highest BCUT2D eigenvalue weighted by atomic mass is 16.5. The zero-order valence-electron chi connectivity index (χ0n) is 13.4. The second-order valence-electron chi connectivity index (χ2n) is 6.68. The fourth-order valence-corrected chi connectivity index (χ4v) is 1.94. The second kappa shape index (κ2) is 6.81. The minimum Gasteiger partial charge on any atom is -0.484 e. The van der Waals surface area contributed by atoms with Crippen LogP contribution in [0.3, 0.4) is 0 Å². The monoisotopic (exact) mass is 304 g/mol. The number of nitrogens with one attached hydrogen (secondary N) is 2.